The summed E-state index contributed by atoms with van der Waals surface area (Å²) in [5.41, 5.74) is 1.56. The number of anilines is 2. The maximum Gasteiger partial charge on any atom is 0.263 e. The van der Waals surface area contributed by atoms with Gasteiger partial charge in [0.15, 0.2) is 5.13 Å². The van der Waals surface area contributed by atoms with Crippen molar-refractivity contribution < 1.29 is 17.6 Å². The largest absolute Gasteiger partial charge is 0.369 e. The van der Waals surface area contributed by atoms with Gasteiger partial charge in [-0.2, -0.15) is 0 Å². The molecule has 3 heterocycles. The molecule has 35 heavy (non-hydrogen) atoms. The van der Waals surface area contributed by atoms with E-state index in [4.69, 9.17) is 0 Å². The van der Waals surface area contributed by atoms with E-state index in [1.54, 1.807) is 65.5 Å². The number of nitrogens with zero attached hydrogens (tertiary/aromatic N) is 3. The van der Waals surface area contributed by atoms with Crippen molar-refractivity contribution in [2.45, 2.75) is 30.3 Å². The van der Waals surface area contributed by atoms with Gasteiger partial charge in [0.1, 0.15) is 11.9 Å². The number of aromatic nitrogens is 2. The molecule has 182 valence electrons. The van der Waals surface area contributed by atoms with Crippen LogP contribution in [0.3, 0.4) is 0 Å². The van der Waals surface area contributed by atoms with Crippen molar-refractivity contribution in [1.82, 2.24) is 14.9 Å². The number of hydrogen-bond acceptors (Lipinski definition) is 6. The standard InChI is InChI=1S/C24H24FN5O3S2/c1-16(30-13-10-20-21(25)3-2-4-22(20)30)23(31)27-17-9-12-29(15-17)18-5-7-19(8-6-18)35(32,33)28-24-26-11-14-34-24/h2-8,10-11,13-14,16-17H,9,12,15H2,1H3,(H,26,28)(H,27,31)/t16-,17-/m0/s1. The number of halogens is 1. The summed E-state index contributed by atoms with van der Waals surface area (Å²) < 4.78 is 43.3. The molecule has 5 rings (SSSR count). The number of rotatable bonds is 7. The van der Waals surface area contributed by atoms with E-state index in [0.717, 1.165) is 18.7 Å². The fourth-order valence-corrected chi connectivity index (χ4v) is 6.12. The van der Waals surface area contributed by atoms with Crippen LogP contribution in [0.1, 0.15) is 19.4 Å². The molecule has 0 bridgehead atoms. The van der Waals surface area contributed by atoms with Crippen LogP contribution in [0.4, 0.5) is 15.2 Å². The lowest BCUT2D eigenvalue weighted by atomic mass is 10.2. The smallest absolute Gasteiger partial charge is 0.263 e. The molecule has 0 aliphatic carbocycles. The van der Waals surface area contributed by atoms with Crippen LogP contribution >= 0.6 is 11.3 Å². The zero-order valence-electron chi connectivity index (χ0n) is 18.9. The first kappa shape index (κ1) is 23.3. The Bertz CT molecular complexity index is 1450. The zero-order chi connectivity index (χ0) is 24.6. The van der Waals surface area contributed by atoms with Gasteiger partial charge in [-0.1, -0.05) is 6.07 Å². The first-order valence-electron chi connectivity index (χ1n) is 11.1. The molecule has 11 heteroatoms. The van der Waals surface area contributed by atoms with E-state index in [0.29, 0.717) is 22.6 Å². The summed E-state index contributed by atoms with van der Waals surface area (Å²) in [6, 6.07) is 12.7. The number of hydrogen-bond donors (Lipinski definition) is 2. The minimum atomic E-state index is -3.70. The predicted molar refractivity (Wildman–Crippen MR) is 135 cm³/mol. The predicted octanol–water partition coefficient (Wildman–Crippen LogP) is 3.99. The van der Waals surface area contributed by atoms with E-state index in [1.807, 2.05) is 0 Å². The van der Waals surface area contributed by atoms with E-state index in [-0.39, 0.29) is 22.7 Å². The summed E-state index contributed by atoms with van der Waals surface area (Å²) in [6.45, 7) is 3.15. The minimum absolute atomic E-state index is 0.0431. The van der Waals surface area contributed by atoms with Crippen molar-refractivity contribution >= 4 is 49.0 Å². The Morgan fingerprint density at radius 1 is 1.20 bits per heavy atom. The Morgan fingerprint density at radius 3 is 2.74 bits per heavy atom. The second-order valence-electron chi connectivity index (χ2n) is 8.45. The van der Waals surface area contributed by atoms with E-state index in [9.17, 15) is 17.6 Å². The molecule has 1 aliphatic heterocycles. The highest BCUT2D eigenvalue weighted by molar-refractivity contribution is 7.93. The number of benzene rings is 2. The van der Waals surface area contributed by atoms with Crippen LogP contribution in [0.25, 0.3) is 10.9 Å². The SMILES string of the molecule is C[C@@H](C(=O)N[C@H]1CCN(c2ccc(S(=O)(=O)Nc3nccs3)cc2)C1)n1ccc2c(F)cccc21. The van der Waals surface area contributed by atoms with Crippen LogP contribution in [0, 0.1) is 5.82 Å². The lowest BCUT2D eigenvalue weighted by Gasteiger charge is -2.21. The number of amides is 1. The average molecular weight is 514 g/mol. The normalized spacial score (nSPS) is 17.0. The van der Waals surface area contributed by atoms with Crippen molar-refractivity contribution in [3.63, 3.8) is 0 Å². The molecule has 1 saturated heterocycles. The summed E-state index contributed by atoms with van der Waals surface area (Å²) in [5, 5.41) is 5.61. The first-order valence-corrected chi connectivity index (χ1v) is 13.5. The Balaban J connectivity index is 1.21. The molecule has 0 spiro atoms. The van der Waals surface area contributed by atoms with E-state index >= 15 is 0 Å². The molecule has 2 aromatic heterocycles. The molecular weight excluding hydrogens is 489 g/mol. The zero-order valence-corrected chi connectivity index (χ0v) is 20.5. The topological polar surface area (TPSA) is 96.3 Å². The highest BCUT2D eigenvalue weighted by atomic mass is 32.2. The fourth-order valence-electron chi connectivity index (χ4n) is 4.33. The third-order valence-electron chi connectivity index (χ3n) is 6.21. The summed E-state index contributed by atoms with van der Waals surface area (Å²) in [4.78, 5) is 19.2. The average Bonchev–Trinajstić information content (AvgIpc) is 3.60. The Hall–Kier alpha value is -3.44. The number of thiazole rings is 1. The number of carbonyl (C=O) groups is 1. The molecule has 8 nitrogen and oxygen atoms in total. The van der Waals surface area contributed by atoms with Crippen molar-refractivity contribution in [2.75, 3.05) is 22.7 Å². The second kappa shape index (κ2) is 9.31. The molecule has 1 aliphatic rings. The van der Waals surface area contributed by atoms with Gasteiger partial charge in [0.25, 0.3) is 10.0 Å². The molecule has 0 unspecified atom stereocenters. The van der Waals surface area contributed by atoms with E-state index < -0.39 is 16.1 Å². The van der Waals surface area contributed by atoms with Crippen LogP contribution in [0.15, 0.2) is 71.2 Å². The molecule has 0 radical (unpaired) electrons. The maximum absolute atomic E-state index is 14.0. The Kier molecular flexibility index (Phi) is 6.20. The minimum Gasteiger partial charge on any atom is -0.369 e. The van der Waals surface area contributed by atoms with E-state index in [1.165, 1.54) is 23.6 Å². The lowest BCUT2D eigenvalue weighted by molar-refractivity contribution is -0.124. The highest BCUT2D eigenvalue weighted by Crippen LogP contribution is 2.26. The highest BCUT2D eigenvalue weighted by Gasteiger charge is 2.27. The van der Waals surface area contributed by atoms with Crippen LogP contribution in [-0.2, 0) is 14.8 Å². The van der Waals surface area contributed by atoms with Crippen molar-refractivity contribution in [3.05, 3.63) is 72.1 Å². The molecule has 1 amide bonds. The third kappa shape index (κ3) is 4.73. The van der Waals surface area contributed by atoms with Gasteiger partial charge in [0, 0.05) is 48.0 Å². The molecule has 2 aromatic carbocycles. The Labute approximate surface area is 206 Å². The second-order valence-corrected chi connectivity index (χ2v) is 11.0. The van der Waals surface area contributed by atoms with Gasteiger partial charge >= 0.3 is 0 Å². The van der Waals surface area contributed by atoms with Gasteiger partial charge in [-0.25, -0.2) is 17.8 Å². The van der Waals surface area contributed by atoms with Gasteiger partial charge < -0.3 is 14.8 Å². The van der Waals surface area contributed by atoms with Gasteiger partial charge in [-0.3, -0.25) is 9.52 Å². The van der Waals surface area contributed by atoms with Gasteiger partial charge in [0.2, 0.25) is 5.91 Å². The van der Waals surface area contributed by atoms with Gasteiger partial charge in [-0.15, -0.1) is 11.3 Å². The third-order valence-corrected chi connectivity index (χ3v) is 8.38. The molecule has 2 N–H and O–H groups in total. The Morgan fingerprint density at radius 2 is 2.00 bits per heavy atom. The molecule has 0 saturated carbocycles. The fraction of sp³-hybridized carbons (Fsp3) is 0.250. The molecule has 2 atom stereocenters. The number of nitrogens with one attached hydrogen (secondary N) is 2. The van der Waals surface area contributed by atoms with Crippen LogP contribution < -0.4 is 14.9 Å². The van der Waals surface area contributed by atoms with Gasteiger partial charge in [0.05, 0.1) is 10.4 Å². The van der Waals surface area contributed by atoms with Crippen molar-refractivity contribution in [3.8, 4) is 0 Å². The summed E-state index contributed by atoms with van der Waals surface area (Å²) in [7, 11) is -3.70. The van der Waals surface area contributed by atoms with E-state index in [2.05, 4.69) is 19.9 Å². The molecule has 4 aromatic rings. The van der Waals surface area contributed by atoms with Gasteiger partial charge in [-0.05, 0) is 55.8 Å². The quantitative estimate of drug-likeness (QED) is 0.390. The monoisotopic (exact) mass is 513 g/mol. The number of fused-ring (bicyclic) bond motifs is 1. The van der Waals surface area contributed by atoms with Crippen molar-refractivity contribution in [1.29, 1.82) is 0 Å². The number of sulfonamides is 1. The summed E-state index contributed by atoms with van der Waals surface area (Å²) in [5.74, 6) is -0.439. The van der Waals surface area contributed by atoms with Crippen LogP contribution in [0.2, 0.25) is 0 Å². The maximum atomic E-state index is 14.0. The number of carbonyl (C=O) groups excluding carboxylic acids is 1. The first-order chi connectivity index (χ1) is 16.8. The summed E-state index contributed by atoms with van der Waals surface area (Å²) >= 11 is 1.21. The van der Waals surface area contributed by atoms with Crippen LogP contribution in [0.5, 0.6) is 0 Å². The molecular formula is C24H24FN5O3S2. The van der Waals surface area contributed by atoms with Crippen LogP contribution in [-0.4, -0.2) is 43.0 Å². The molecule has 1 fully saturated rings. The van der Waals surface area contributed by atoms with Crippen molar-refractivity contribution in [2.24, 2.45) is 0 Å². The summed E-state index contributed by atoms with van der Waals surface area (Å²) in [6.07, 6.45) is 4.04. The lowest BCUT2D eigenvalue weighted by Crippen LogP contribution is -2.40.